The third kappa shape index (κ3) is 55.7. The first-order valence-corrected chi connectivity index (χ1v) is 38.3. The lowest BCUT2D eigenvalue weighted by Crippen LogP contribution is -2.48. The van der Waals surface area contributed by atoms with Crippen molar-refractivity contribution < 1.29 is 38.9 Å². The van der Waals surface area contributed by atoms with Gasteiger partial charge in [0.1, 0.15) is 19.3 Å². The van der Waals surface area contributed by atoms with Crippen LogP contribution >= 0.6 is 21.6 Å². The highest BCUT2D eigenvalue weighted by Gasteiger charge is 2.23. The summed E-state index contributed by atoms with van der Waals surface area (Å²) in [6.45, 7) is 15.3. The number of nitrogens with one attached hydrogen (secondary N) is 2. The molecule has 0 radical (unpaired) electrons. The monoisotopic (exact) mass is 1260 g/mol. The van der Waals surface area contributed by atoms with E-state index >= 15 is 0 Å². The highest BCUT2D eigenvalue weighted by Crippen LogP contribution is 2.24. The Hall–Kier alpha value is -2.89. The van der Waals surface area contributed by atoms with Crippen molar-refractivity contribution in [1.29, 1.82) is 0 Å². The van der Waals surface area contributed by atoms with Gasteiger partial charge in [-0.05, 0) is 110 Å². The number of allylic oxidation sites excluding steroid dienone is 2. The Labute approximate surface area is 540 Å². The Balaban J connectivity index is 2.74. The second kappa shape index (κ2) is 63.3. The Morgan fingerprint density at radius 3 is 1.47 bits per heavy atom. The van der Waals surface area contributed by atoms with Gasteiger partial charge in [-0.1, -0.05) is 228 Å². The van der Waals surface area contributed by atoms with Gasteiger partial charge in [-0.2, -0.15) is 0 Å². The minimum absolute atomic E-state index is 0.0960. The first-order valence-electron chi connectivity index (χ1n) is 35.8. The topological polar surface area (TPSA) is 176 Å². The fourth-order valence-electron chi connectivity index (χ4n) is 10.7. The molecule has 2 amide bonds. The van der Waals surface area contributed by atoms with Gasteiger partial charge < -0.3 is 39.8 Å². The smallest absolute Gasteiger partial charge is 0.306 e. The molecule has 0 saturated carbocycles. The molecule has 16 heteroatoms. The van der Waals surface area contributed by atoms with Gasteiger partial charge in [0.25, 0.3) is 0 Å². The van der Waals surface area contributed by atoms with E-state index in [0.29, 0.717) is 71.5 Å². The van der Waals surface area contributed by atoms with Crippen LogP contribution in [-0.4, -0.2) is 142 Å². The summed E-state index contributed by atoms with van der Waals surface area (Å²) in [5, 5.41) is 28.4. The molecular weight excluding hydrogens is 1130 g/mol. The summed E-state index contributed by atoms with van der Waals surface area (Å²) >= 11 is 0. The quantitative estimate of drug-likeness (QED) is 0.0210. The van der Waals surface area contributed by atoms with E-state index in [1.54, 1.807) is 23.3 Å². The van der Waals surface area contributed by atoms with Gasteiger partial charge in [0.2, 0.25) is 11.8 Å². The number of rotatable bonds is 66. The largest absolute Gasteiger partial charge is 0.461 e. The first kappa shape index (κ1) is 82.1. The summed E-state index contributed by atoms with van der Waals surface area (Å²) in [7, 11) is 3.61. The zero-order valence-electron chi connectivity index (χ0n) is 56.2. The molecule has 1 heterocycles. The molecule has 3 unspecified atom stereocenters. The van der Waals surface area contributed by atoms with Gasteiger partial charge in [0, 0.05) is 75.9 Å². The van der Waals surface area contributed by atoms with Crippen molar-refractivity contribution in [2.45, 2.75) is 316 Å². The number of ether oxygens (including phenoxy) is 2. The number of aromatic nitrogens is 2. The Morgan fingerprint density at radius 1 is 0.506 bits per heavy atom. The van der Waals surface area contributed by atoms with Crippen LogP contribution in [0, 0.1) is 0 Å². The molecule has 1 aromatic rings. The van der Waals surface area contributed by atoms with Gasteiger partial charge in [0.05, 0.1) is 18.5 Å². The van der Waals surface area contributed by atoms with Crippen LogP contribution in [0.4, 0.5) is 0 Å². The van der Waals surface area contributed by atoms with Crippen molar-refractivity contribution in [3.63, 3.8) is 0 Å². The summed E-state index contributed by atoms with van der Waals surface area (Å²) < 4.78 is 12.8. The molecule has 0 bridgehead atoms. The lowest BCUT2D eigenvalue weighted by molar-refractivity contribution is -0.143. The van der Waals surface area contributed by atoms with Crippen molar-refractivity contribution >= 4 is 45.3 Å². The molecule has 0 aliphatic heterocycles. The highest BCUT2D eigenvalue weighted by atomic mass is 33.1. The highest BCUT2D eigenvalue weighted by molar-refractivity contribution is 8.76. The van der Waals surface area contributed by atoms with E-state index in [0.717, 1.165) is 160 Å². The summed E-state index contributed by atoms with van der Waals surface area (Å²) in [4.78, 5) is 60.8. The number of amides is 2. The van der Waals surface area contributed by atoms with Crippen LogP contribution < -0.4 is 10.6 Å². The third-order valence-corrected chi connectivity index (χ3v) is 18.7. The second-order valence-electron chi connectivity index (χ2n) is 24.5. The van der Waals surface area contributed by atoms with Crippen LogP contribution in [0.1, 0.15) is 291 Å². The average Bonchev–Trinajstić information content (AvgIpc) is 4.21. The first-order chi connectivity index (χ1) is 42.6. The molecule has 87 heavy (non-hydrogen) atoms. The SMILES string of the molecule is CCCCCC/C=C\COC(=O)CCCCCCCN(CCCCCCCC(=O)OC/C=C\CCCCCC)CCCCSSCCC(NC(=O)CCN(CC(O)CCCCCCCC)CC(O)CCCCCCCC)C(=O)NCCCn1ccnc1. The minimum Gasteiger partial charge on any atom is -0.461 e. The van der Waals surface area contributed by atoms with E-state index in [2.05, 4.69) is 65.3 Å². The van der Waals surface area contributed by atoms with Crippen LogP contribution in [0.15, 0.2) is 43.0 Å². The lowest BCUT2D eigenvalue weighted by atomic mass is 10.1. The van der Waals surface area contributed by atoms with Crippen LogP contribution in [-0.2, 0) is 35.2 Å². The zero-order valence-corrected chi connectivity index (χ0v) is 57.8. The Bertz CT molecular complexity index is 1680. The maximum Gasteiger partial charge on any atom is 0.306 e. The lowest BCUT2D eigenvalue weighted by Gasteiger charge is -2.27. The van der Waals surface area contributed by atoms with Crippen LogP contribution in [0.25, 0.3) is 0 Å². The predicted molar refractivity (Wildman–Crippen MR) is 369 cm³/mol. The molecular formula is C71H132N6O8S2. The van der Waals surface area contributed by atoms with E-state index in [1.807, 2.05) is 33.7 Å². The van der Waals surface area contributed by atoms with Gasteiger partial charge in [-0.15, -0.1) is 0 Å². The third-order valence-electron chi connectivity index (χ3n) is 16.2. The van der Waals surface area contributed by atoms with Crippen molar-refractivity contribution in [3.8, 4) is 0 Å². The maximum atomic E-state index is 13.7. The molecule has 14 nitrogen and oxygen atoms in total. The van der Waals surface area contributed by atoms with Gasteiger partial charge in [0.15, 0.2) is 0 Å². The number of esters is 2. The van der Waals surface area contributed by atoms with E-state index in [9.17, 15) is 29.4 Å². The number of hydrogen-bond acceptors (Lipinski definition) is 13. The summed E-state index contributed by atoms with van der Waals surface area (Å²) in [5.41, 5.74) is 0. The van der Waals surface area contributed by atoms with Crippen molar-refractivity contribution in [1.82, 2.24) is 30.0 Å². The van der Waals surface area contributed by atoms with Crippen molar-refractivity contribution in [3.05, 3.63) is 43.0 Å². The summed E-state index contributed by atoms with van der Waals surface area (Å²) in [5.74, 6) is 1.18. The fraction of sp³-hybridized carbons (Fsp3) is 0.845. The van der Waals surface area contributed by atoms with Crippen LogP contribution in [0.5, 0.6) is 0 Å². The molecule has 0 spiro atoms. The molecule has 0 aliphatic carbocycles. The van der Waals surface area contributed by atoms with E-state index in [-0.39, 0.29) is 30.2 Å². The Morgan fingerprint density at radius 2 is 0.966 bits per heavy atom. The van der Waals surface area contributed by atoms with Crippen LogP contribution in [0.2, 0.25) is 0 Å². The zero-order chi connectivity index (χ0) is 63.1. The second-order valence-corrected chi connectivity index (χ2v) is 27.2. The van der Waals surface area contributed by atoms with Gasteiger partial charge in [-0.3, -0.25) is 24.1 Å². The number of aliphatic hydroxyl groups is 2. The molecule has 0 aliphatic rings. The number of hydrogen-bond donors (Lipinski definition) is 4. The predicted octanol–water partition coefficient (Wildman–Crippen LogP) is 16.5. The van der Waals surface area contributed by atoms with Crippen LogP contribution in [0.3, 0.4) is 0 Å². The normalized spacial score (nSPS) is 12.9. The molecule has 4 N–H and O–H groups in total. The van der Waals surface area contributed by atoms with E-state index in [1.165, 1.54) is 103 Å². The molecule has 0 aromatic carbocycles. The van der Waals surface area contributed by atoms with Gasteiger partial charge >= 0.3 is 11.9 Å². The number of aryl methyl sites for hydroxylation is 1. The summed E-state index contributed by atoms with van der Waals surface area (Å²) in [6, 6.07) is -0.658. The van der Waals surface area contributed by atoms with Crippen molar-refractivity contribution in [2.24, 2.45) is 0 Å². The molecule has 506 valence electrons. The Kier molecular flexibility index (Phi) is 59.7. The molecule has 1 aromatic heterocycles. The number of nitrogens with zero attached hydrogens (tertiary/aromatic N) is 4. The minimum atomic E-state index is -0.658. The average molecular weight is 1260 g/mol. The number of carbonyl (C=O) groups is 4. The van der Waals surface area contributed by atoms with Gasteiger partial charge in [-0.25, -0.2) is 4.98 Å². The van der Waals surface area contributed by atoms with E-state index in [4.69, 9.17) is 9.47 Å². The number of carbonyl (C=O) groups excluding carboxylic acids is 4. The maximum absolute atomic E-state index is 13.7. The van der Waals surface area contributed by atoms with E-state index < -0.39 is 18.2 Å². The molecule has 0 fully saturated rings. The van der Waals surface area contributed by atoms with Crippen molar-refractivity contribution in [2.75, 3.05) is 70.5 Å². The standard InChI is InChI=1S/C71H132N6O8S2/c1-5-9-13-17-21-31-40-58-84-69(81)46-35-27-23-29-37-52-75(53-38-30-24-28-36-47-70(82)85-59-41-32-22-18-14-10-6-2)54-39-42-60-86-87-61-49-67(71(83)73-50-43-55-76-57-51-72-64-76)74-68(80)48-56-77(62-65(78)44-33-25-19-15-11-7-3)63-66(79)45-34-26-20-16-12-8-4/h31-32,40-41,51,57,64-67,78-79H,5-30,33-39,42-50,52-56,58-63H2,1-4H3,(H,73,83)(H,74,80)/b40-31-,41-32-. The molecule has 3 atom stereocenters. The fourth-order valence-corrected chi connectivity index (χ4v) is 13.0. The number of unbranched alkanes of at least 4 members (excludes halogenated alkanes) is 27. The number of aliphatic hydroxyl groups excluding tert-OH is 2. The number of imidazole rings is 1. The molecule has 0 saturated heterocycles. The molecule has 1 rings (SSSR count). The summed E-state index contributed by atoms with van der Waals surface area (Å²) in [6.07, 6.45) is 55.3.